The van der Waals surface area contributed by atoms with Gasteiger partial charge < -0.3 is 14.6 Å². The third-order valence-electron chi connectivity index (χ3n) is 2.93. The molecule has 1 N–H and O–H groups in total. The molecule has 3 heteroatoms. The average Bonchev–Trinajstić information content (AvgIpc) is 2.35. The summed E-state index contributed by atoms with van der Waals surface area (Å²) in [6.07, 6.45) is 2.51. The molecule has 0 radical (unpaired) electrons. The first-order chi connectivity index (χ1) is 8.52. The number of methoxy groups -OCH3 is 1. The number of phenolic OH excluding ortho intramolecular Hbond substituents is 1. The van der Waals surface area contributed by atoms with Crippen molar-refractivity contribution in [2.24, 2.45) is 5.92 Å². The molecule has 0 heterocycles. The minimum absolute atomic E-state index is 0.161. The van der Waals surface area contributed by atoms with Crippen molar-refractivity contribution in [1.82, 2.24) is 0 Å². The highest BCUT2D eigenvalue weighted by Gasteiger charge is 2.06. The van der Waals surface area contributed by atoms with Crippen LogP contribution in [0.3, 0.4) is 0 Å². The summed E-state index contributed by atoms with van der Waals surface area (Å²) in [5.74, 6) is 1.37. The fourth-order valence-electron chi connectivity index (χ4n) is 1.70. The van der Waals surface area contributed by atoms with E-state index < -0.39 is 0 Å². The van der Waals surface area contributed by atoms with Gasteiger partial charge in [0, 0.05) is 0 Å². The smallest absolute Gasteiger partial charge is 0.160 e. The molecule has 0 aliphatic carbocycles. The Hall–Kier alpha value is -1.22. The van der Waals surface area contributed by atoms with Crippen molar-refractivity contribution in [1.29, 1.82) is 0 Å². The van der Waals surface area contributed by atoms with Gasteiger partial charge in [0.15, 0.2) is 11.5 Å². The summed E-state index contributed by atoms with van der Waals surface area (Å²) in [6, 6.07) is 5.30. The molecule has 102 valence electrons. The number of phenols is 1. The third kappa shape index (κ3) is 4.96. The Labute approximate surface area is 110 Å². The second kappa shape index (κ2) is 7.27. The Morgan fingerprint density at radius 3 is 2.50 bits per heavy atom. The lowest BCUT2D eigenvalue weighted by atomic mass is 10.1. The van der Waals surface area contributed by atoms with E-state index in [1.54, 1.807) is 13.2 Å². The zero-order valence-corrected chi connectivity index (χ0v) is 11.8. The summed E-state index contributed by atoms with van der Waals surface area (Å²) in [5, 5.41) is 9.49. The summed E-state index contributed by atoms with van der Waals surface area (Å²) < 4.78 is 10.8. The number of hydrogen-bond acceptors (Lipinski definition) is 3. The third-order valence-corrected chi connectivity index (χ3v) is 2.93. The summed E-state index contributed by atoms with van der Waals surface area (Å²) in [6.45, 7) is 7.09. The van der Waals surface area contributed by atoms with Crippen molar-refractivity contribution < 1.29 is 14.6 Å². The molecule has 1 atom stereocenters. The number of aromatic hydroxyl groups is 1. The van der Waals surface area contributed by atoms with Crippen molar-refractivity contribution in [3.05, 3.63) is 23.8 Å². The van der Waals surface area contributed by atoms with Crippen LogP contribution in [0.25, 0.3) is 0 Å². The van der Waals surface area contributed by atoms with Gasteiger partial charge >= 0.3 is 0 Å². The first-order valence-electron chi connectivity index (χ1n) is 6.50. The van der Waals surface area contributed by atoms with E-state index in [2.05, 4.69) is 20.8 Å². The molecule has 1 aromatic rings. The summed E-state index contributed by atoms with van der Waals surface area (Å²) >= 11 is 0. The monoisotopic (exact) mass is 252 g/mol. The number of ether oxygens (including phenoxy) is 2. The molecule has 0 aliphatic rings. The highest BCUT2D eigenvalue weighted by atomic mass is 16.5. The average molecular weight is 252 g/mol. The molecular formula is C15H24O3. The topological polar surface area (TPSA) is 38.7 Å². The van der Waals surface area contributed by atoms with Crippen LogP contribution in [-0.4, -0.2) is 18.3 Å². The second-order valence-corrected chi connectivity index (χ2v) is 5.10. The fraction of sp³-hybridized carbons (Fsp3) is 0.600. The predicted octanol–water partition coefficient (Wildman–Crippen LogP) is 3.74. The molecule has 1 rings (SSSR count). The van der Waals surface area contributed by atoms with Crippen molar-refractivity contribution in [2.45, 2.75) is 46.3 Å². The lowest BCUT2D eigenvalue weighted by molar-refractivity contribution is 0.0440. The fourth-order valence-corrected chi connectivity index (χ4v) is 1.70. The maximum atomic E-state index is 9.49. The van der Waals surface area contributed by atoms with Crippen LogP contribution in [0.1, 0.15) is 39.2 Å². The van der Waals surface area contributed by atoms with Crippen LogP contribution in [0, 0.1) is 5.92 Å². The summed E-state index contributed by atoms with van der Waals surface area (Å²) in [4.78, 5) is 0. The van der Waals surface area contributed by atoms with E-state index in [4.69, 9.17) is 9.47 Å². The van der Waals surface area contributed by atoms with E-state index in [-0.39, 0.29) is 11.9 Å². The van der Waals surface area contributed by atoms with E-state index in [1.807, 2.05) is 12.1 Å². The van der Waals surface area contributed by atoms with Gasteiger partial charge in [0.05, 0.1) is 19.8 Å². The zero-order valence-electron chi connectivity index (χ0n) is 11.8. The molecule has 3 nitrogen and oxygen atoms in total. The summed E-state index contributed by atoms with van der Waals surface area (Å²) in [5.41, 5.74) is 1.01. The molecule has 1 aromatic carbocycles. The molecule has 0 spiro atoms. The Morgan fingerprint density at radius 2 is 1.89 bits per heavy atom. The minimum atomic E-state index is 0.161. The van der Waals surface area contributed by atoms with E-state index >= 15 is 0 Å². The van der Waals surface area contributed by atoms with Crippen LogP contribution >= 0.6 is 0 Å². The van der Waals surface area contributed by atoms with Gasteiger partial charge in [0.1, 0.15) is 0 Å². The van der Waals surface area contributed by atoms with E-state index in [1.165, 1.54) is 6.42 Å². The second-order valence-electron chi connectivity index (χ2n) is 5.10. The van der Waals surface area contributed by atoms with Gasteiger partial charge in [-0.1, -0.05) is 19.9 Å². The molecule has 0 fully saturated rings. The zero-order chi connectivity index (χ0) is 13.5. The predicted molar refractivity (Wildman–Crippen MR) is 73.0 cm³/mol. The minimum Gasteiger partial charge on any atom is -0.504 e. The van der Waals surface area contributed by atoms with E-state index in [0.29, 0.717) is 18.3 Å². The number of rotatable bonds is 7. The quantitative estimate of drug-likeness (QED) is 0.803. The standard InChI is InChI=1S/C15H24O3/c1-11(2)5-6-12(3)18-10-13-7-8-14(16)15(9-13)17-4/h7-9,11-12,16H,5-6,10H2,1-4H3. The summed E-state index contributed by atoms with van der Waals surface area (Å²) in [7, 11) is 1.55. The van der Waals surface area contributed by atoms with Gasteiger partial charge in [0.25, 0.3) is 0 Å². The van der Waals surface area contributed by atoms with Crippen LogP contribution in [0.4, 0.5) is 0 Å². The molecule has 0 bridgehead atoms. The van der Waals surface area contributed by atoms with Crippen LogP contribution in [0.2, 0.25) is 0 Å². The number of benzene rings is 1. The molecule has 1 unspecified atom stereocenters. The molecule has 0 saturated heterocycles. The SMILES string of the molecule is COc1cc(COC(C)CCC(C)C)ccc1O. The maximum absolute atomic E-state index is 9.49. The van der Waals surface area contributed by atoms with Gasteiger partial charge in [-0.3, -0.25) is 0 Å². The highest BCUT2D eigenvalue weighted by Crippen LogP contribution is 2.26. The molecule has 0 saturated carbocycles. The molecule has 0 amide bonds. The van der Waals surface area contributed by atoms with Crippen LogP contribution in [0.15, 0.2) is 18.2 Å². The molecular weight excluding hydrogens is 228 g/mol. The van der Waals surface area contributed by atoms with Gasteiger partial charge in [-0.2, -0.15) is 0 Å². The van der Waals surface area contributed by atoms with Crippen molar-refractivity contribution in [3.8, 4) is 11.5 Å². The molecule has 0 aromatic heterocycles. The van der Waals surface area contributed by atoms with E-state index in [0.717, 1.165) is 12.0 Å². The first kappa shape index (κ1) is 14.8. The maximum Gasteiger partial charge on any atom is 0.160 e. The van der Waals surface area contributed by atoms with Crippen LogP contribution in [-0.2, 0) is 11.3 Å². The first-order valence-corrected chi connectivity index (χ1v) is 6.50. The van der Waals surface area contributed by atoms with E-state index in [9.17, 15) is 5.11 Å². The lowest BCUT2D eigenvalue weighted by Gasteiger charge is -2.15. The lowest BCUT2D eigenvalue weighted by Crippen LogP contribution is -2.09. The van der Waals surface area contributed by atoms with Crippen molar-refractivity contribution in [3.63, 3.8) is 0 Å². The van der Waals surface area contributed by atoms with Gasteiger partial charge in [0.2, 0.25) is 0 Å². The molecule has 18 heavy (non-hydrogen) atoms. The van der Waals surface area contributed by atoms with Gasteiger partial charge in [-0.15, -0.1) is 0 Å². The Morgan fingerprint density at radius 1 is 1.17 bits per heavy atom. The Kier molecular flexibility index (Phi) is 5.99. The van der Waals surface area contributed by atoms with Gasteiger partial charge in [-0.25, -0.2) is 0 Å². The van der Waals surface area contributed by atoms with Crippen molar-refractivity contribution >= 4 is 0 Å². The normalized spacial score (nSPS) is 12.7. The largest absolute Gasteiger partial charge is 0.504 e. The Balaban J connectivity index is 2.43. The highest BCUT2D eigenvalue weighted by molar-refractivity contribution is 5.41. The van der Waals surface area contributed by atoms with Gasteiger partial charge in [-0.05, 0) is 43.4 Å². The van der Waals surface area contributed by atoms with Crippen LogP contribution in [0.5, 0.6) is 11.5 Å². The number of hydrogen-bond donors (Lipinski definition) is 1. The molecule has 0 aliphatic heterocycles. The Bertz CT molecular complexity index is 361. The van der Waals surface area contributed by atoms with Crippen LogP contribution < -0.4 is 4.74 Å². The van der Waals surface area contributed by atoms with Crippen molar-refractivity contribution in [2.75, 3.05) is 7.11 Å².